The lowest BCUT2D eigenvalue weighted by Gasteiger charge is -2.12. The van der Waals surface area contributed by atoms with Crippen LogP contribution < -0.4 is 4.74 Å². The normalized spacial score (nSPS) is 11.3. The Hall–Kier alpha value is -7.07. The molecule has 0 N–H and O–H groups in total. The van der Waals surface area contributed by atoms with Gasteiger partial charge in [0.2, 0.25) is 0 Å². The molecule has 0 amide bonds. The van der Waals surface area contributed by atoms with Crippen molar-refractivity contribution in [2.24, 2.45) is 0 Å². The van der Waals surface area contributed by atoms with Crippen LogP contribution in [0.2, 0.25) is 0 Å². The van der Waals surface area contributed by atoms with E-state index in [1.54, 1.807) is 6.20 Å². The van der Waals surface area contributed by atoms with Gasteiger partial charge < -0.3 is 4.74 Å². The zero-order valence-electron chi connectivity index (χ0n) is 26.8. The summed E-state index contributed by atoms with van der Waals surface area (Å²) < 4.78 is 10.6. The van der Waals surface area contributed by atoms with Crippen molar-refractivity contribution in [3.63, 3.8) is 0 Å². The SMILES string of the molecule is Cc1ccnc(-n2c3ccccc3c3ccc(Oc4cccc(-n5nc(-c6ncncn6)c(-c6ccccc6)c5-c5ccncn5)c4)cc32)c1. The molecule has 5 aromatic heterocycles. The molecule has 0 saturated heterocycles. The molecule has 0 aliphatic heterocycles. The highest BCUT2D eigenvalue weighted by molar-refractivity contribution is 6.09. The summed E-state index contributed by atoms with van der Waals surface area (Å²) in [4.78, 5) is 26.5. The second-order valence-corrected chi connectivity index (χ2v) is 11.7. The number of rotatable bonds is 7. The van der Waals surface area contributed by atoms with Crippen molar-refractivity contribution >= 4 is 21.8 Å². The molecule has 0 bridgehead atoms. The molecule has 0 unspecified atom stereocenters. The highest BCUT2D eigenvalue weighted by atomic mass is 16.5. The molecule has 0 radical (unpaired) electrons. The van der Waals surface area contributed by atoms with Crippen molar-refractivity contribution < 1.29 is 4.74 Å². The van der Waals surface area contributed by atoms with Crippen molar-refractivity contribution in [2.45, 2.75) is 6.92 Å². The second kappa shape index (κ2) is 12.2. The van der Waals surface area contributed by atoms with Crippen LogP contribution in [0.15, 0.2) is 147 Å². The lowest BCUT2D eigenvalue weighted by molar-refractivity contribution is 0.483. The van der Waals surface area contributed by atoms with Gasteiger partial charge in [-0.1, -0.05) is 54.6 Å². The van der Waals surface area contributed by atoms with Gasteiger partial charge in [-0.15, -0.1) is 0 Å². The number of nitrogens with zero attached hydrogens (tertiary/aromatic N) is 9. The minimum Gasteiger partial charge on any atom is -0.457 e. The third-order valence-electron chi connectivity index (χ3n) is 8.55. The van der Waals surface area contributed by atoms with Crippen LogP contribution in [0.25, 0.3) is 67.3 Å². The van der Waals surface area contributed by atoms with Crippen molar-refractivity contribution in [3.05, 3.63) is 152 Å². The molecule has 9 aromatic rings. The minimum absolute atomic E-state index is 0.451. The topological polar surface area (TPSA) is 109 Å². The van der Waals surface area contributed by atoms with E-state index < -0.39 is 0 Å². The Balaban J connectivity index is 1.18. The Morgan fingerprint density at radius 2 is 1.40 bits per heavy atom. The summed E-state index contributed by atoms with van der Waals surface area (Å²) >= 11 is 0. The van der Waals surface area contributed by atoms with Crippen LogP contribution in [0.1, 0.15) is 5.56 Å². The lowest BCUT2D eigenvalue weighted by atomic mass is 10.0. The molecule has 4 aromatic carbocycles. The van der Waals surface area contributed by atoms with Crippen LogP contribution in [0.3, 0.4) is 0 Å². The molecular formula is C40H27N9O. The Labute approximate surface area is 286 Å². The molecule has 0 fully saturated rings. The Morgan fingerprint density at radius 1 is 0.600 bits per heavy atom. The monoisotopic (exact) mass is 649 g/mol. The number of aromatic nitrogens is 9. The highest BCUT2D eigenvalue weighted by Gasteiger charge is 2.25. The van der Waals surface area contributed by atoms with Gasteiger partial charge in [0.1, 0.15) is 47.7 Å². The van der Waals surface area contributed by atoms with Gasteiger partial charge in [-0.05, 0) is 66.6 Å². The molecule has 0 atom stereocenters. The molecule has 238 valence electrons. The van der Waals surface area contributed by atoms with Crippen LogP contribution in [-0.4, -0.2) is 44.3 Å². The number of para-hydroxylation sites is 1. The van der Waals surface area contributed by atoms with Gasteiger partial charge >= 0.3 is 0 Å². The Morgan fingerprint density at radius 3 is 2.24 bits per heavy atom. The maximum Gasteiger partial charge on any atom is 0.183 e. The molecule has 50 heavy (non-hydrogen) atoms. The standard InChI is InChI=1S/C40H27N9O/c1-26-16-19-43-36(20-26)48-34-13-6-5-12-31(34)32-15-14-30(22-35(32)48)50-29-11-7-10-28(21-29)49-39(33-17-18-41-23-44-33)37(27-8-3-2-4-9-27)38(47-49)40-45-24-42-25-46-40/h2-25H,1H3. The van der Waals surface area contributed by atoms with E-state index in [1.165, 1.54) is 19.0 Å². The highest BCUT2D eigenvalue weighted by Crippen LogP contribution is 2.40. The molecule has 10 heteroatoms. The Kier molecular flexibility index (Phi) is 7.09. The summed E-state index contributed by atoms with van der Waals surface area (Å²) in [6.07, 6.45) is 8.04. The van der Waals surface area contributed by atoms with E-state index in [0.29, 0.717) is 28.7 Å². The first-order valence-electron chi connectivity index (χ1n) is 16.0. The van der Waals surface area contributed by atoms with Crippen molar-refractivity contribution in [2.75, 3.05) is 0 Å². The zero-order chi connectivity index (χ0) is 33.4. The van der Waals surface area contributed by atoms with Crippen molar-refractivity contribution in [1.29, 1.82) is 0 Å². The number of aryl methyl sites for hydroxylation is 1. The van der Waals surface area contributed by atoms with Crippen LogP contribution in [-0.2, 0) is 0 Å². The van der Waals surface area contributed by atoms with Crippen molar-refractivity contribution in [1.82, 2.24) is 44.3 Å². The molecule has 0 aliphatic carbocycles. The second-order valence-electron chi connectivity index (χ2n) is 11.7. The number of hydrogen-bond donors (Lipinski definition) is 0. The average Bonchev–Trinajstić information content (AvgIpc) is 3.73. The summed E-state index contributed by atoms with van der Waals surface area (Å²) in [6, 6.07) is 38.4. The maximum absolute atomic E-state index is 6.58. The van der Waals surface area contributed by atoms with E-state index in [-0.39, 0.29) is 0 Å². The largest absolute Gasteiger partial charge is 0.457 e. The van der Waals surface area contributed by atoms with Gasteiger partial charge in [-0.2, -0.15) is 5.10 Å². The number of fused-ring (bicyclic) bond motifs is 3. The van der Waals surface area contributed by atoms with Gasteiger partial charge in [-0.3, -0.25) is 4.57 Å². The zero-order valence-corrected chi connectivity index (χ0v) is 26.8. The summed E-state index contributed by atoms with van der Waals surface area (Å²) in [7, 11) is 0. The van der Waals surface area contributed by atoms with Gasteiger partial charge in [0, 0.05) is 40.9 Å². The predicted octanol–water partition coefficient (Wildman–Crippen LogP) is 8.44. The molecule has 0 spiro atoms. The van der Waals surface area contributed by atoms with Gasteiger partial charge in [0.25, 0.3) is 0 Å². The van der Waals surface area contributed by atoms with Gasteiger partial charge in [0.05, 0.1) is 22.4 Å². The van der Waals surface area contributed by atoms with Crippen LogP contribution in [0, 0.1) is 6.92 Å². The van der Waals surface area contributed by atoms with E-state index in [4.69, 9.17) is 14.8 Å². The van der Waals surface area contributed by atoms with E-state index in [0.717, 1.165) is 55.7 Å². The van der Waals surface area contributed by atoms with Crippen molar-refractivity contribution in [3.8, 4) is 57.0 Å². The van der Waals surface area contributed by atoms with E-state index >= 15 is 0 Å². The van der Waals surface area contributed by atoms with E-state index in [1.807, 2.05) is 83.7 Å². The van der Waals surface area contributed by atoms with Gasteiger partial charge in [-0.25, -0.2) is 34.6 Å². The Bertz CT molecular complexity index is 2640. The fourth-order valence-corrected chi connectivity index (χ4v) is 6.39. The number of benzene rings is 4. The molecule has 0 saturated carbocycles. The molecule has 10 nitrogen and oxygen atoms in total. The predicted molar refractivity (Wildman–Crippen MR) is 192 cm³/mol. The summed E-state index contributed by atoms with van der Waals surface area (Å²) in [5, 5.41) is 7.38. The van der Waals surface area contributed by atoms with Crippen LogP contribution in [0.5, 0.6) is 11.5 Å². The summed E-state index contributed by atoms with van der Waals surface area (Å²) in [5.74, 6) is 2.64. The fraction of sp³-hybridized carbons (Fsp3) is 0.0250. The molecule has 9 rings (SSSR count). The fourth-order valence-electron chi connectivity index (χ4n) is 6.39. The quantitative estimate of drug-likeness (QED) is 0.169. The number of hydrogen-bond acceptors (Lipinski definition) is 8. The lowest BCUT2D eigenvalue weighted by Crippen LogP contribution is -2.01. The molecule has 0 aliphatic rings. The smallest absolute Gasteiger partial charge is 0.183 e. The molecular weight excluding hydrogens is 623 g/mol. The first kappa shape index (κ1) is 29.1. The van der Waals surface area contributed by atoms with Gasteiger partial charge in [0.15, 0.2) is 5.82 Å². The van der Waals surface area contributed by atoms with Crippen LogP contribution >= 0.6 is 0 Å². The average molecular weight is 650 g/mol. The third-order valence-corrected chi connectivity index (χ3v) is 8.55. The first-order chi connectivity index (χ1) is 24.7. The van der Waals surface area contributed by atoms with Crippen LogP contribution in [0.4, 0.5) is 0 Å². The number of pyridine rings is 1. The molecule has 5 heterocycles. The first-order valence-corrected chi connectivity index (χ1v) is 16.0. The maximum atomic E-state index is 6.58. The van der Waals surface area contributed by atoms with E-state index in [2.05, 4.69) is 78.9 Å². The minimum atomic E-state index is 0.451. The van der Waals surface area contributed by atoms with E-state index in [9.17, 15) is 0 Å². The summed E-state index contributed by atoms with van der Waals surface area (Å²) in [5.41, 5.74) is 7.84. The third kappa shape index (κ3) is 5.12. The summed E-state index contributed by atoms with van der Waals surface area (Å²) in [6.45, 7) is 2.08. The number of ether oxygens (including phenoxy) is 1.